The van der Waals surface area contributed by atoms with Crippen molar-refractivity contribution in [2.75, 3.05) is 0 Å². The molecule has 3 heterocycles. The van der Waals surface area contributed by atoms with Crippen LogP contribution in [-0.4, -0.2) is 35.6 Å². The largest absolute Gasteiger partial charge is 0.416 e. The van der Waals surface area contributed by atoms with Crippen molar-refractivity contribution in [1.82, 2.24) is 35.0 Å². The lowest BCUT2D eigenvalue weighted by Crippen LogP contribution is -2.29. The van der Waals surface area contributed by atoms with Gasteiger partial charge in [-0.05, 0) is 37.3 Å². The topological polar surface area (TPSA) is 98.5 Å². The first-order chi connectivity index (χ1) is 16.1. The predicted octanol–water partition coefficient (Wildman–Crippen LogP) is 4.94. The summed E-state index contributed by atoms with van der Waals surface area (Å²) in [5, 5.41) is 7.23. The normalized spacial score (nSPS) is 12.4. The summed E-state index contributed by atoms with van der Waals surface area (Å²) in [4.78, 5) is 29.6. The highest BCUT2D eigenvalue weighted by Gasteiger charge is 2.32. The Morgan fingerprint density at radius 1 is 1.06 bits per heavy atom. The van der Waals surface area contributed by atoms with Crippen LogP contribution in [0.2, 0.25) is 10.0 Å². The maximum absolute atomic E-state index is 13.1. The molecular weight excluding hydrogens is 494 g/mol. The van der Waals surface area contributed by atoms with Gasteiger partial charge >= 0.3 is 6.18 Å². The first-order valence-corrected chi connectivity index (χ1v) is 10.4. The highest BCUT2D eigenvalue weighted by molar-refractivity contribution is 6.31. The number of nitrogens with one attached hydrogen (secondary N) is 1. The molecular formula is C21H14Cl2F3N7O. The fraction of sp³-hybridized carbons (Fsp3) is 0.143. The van der Waals surface area contributed by atoms with E-state index in [0.29, 0.717) is 16.5 Å². The van der Waals surface area contributed by atoms with E-state index in [2.05, 4.69) is 30.4 Å². The molecule has 0 aliphatic rings. The van der Waals surface area contributed by atoms with Crippen LogP contribution in [0.15, 0.2) is 55.1 Å². The molecule has 174 valence electrons. The minimum Gasteiger partial charge on any atom is -0.342 e. The fourth-order valence-corrected chi connectivity index (χ4v) is 3.37. The lowest BCUT2D eigenvalue weighted by atomic mass is 10.1. The van der Waals surface area contributed by atoms with Crippen molar-refractivity contribution in [3.05, 3.63) is 82.1 Å². The third-order valence-corrected chi connectivity index (χ3v) is 5.02. The quantitative estimate of drug-likeness (QED) is 0.410. The van der Waals surface area contributed by atoms with Crippen LogP contribution in [0.5, 0.6) is 0 Å². The Bertz CT molecular complexity index is 1330. The van der Waals surface area contributed by atoms with Crippen LogP contribution in [0, 0.1) is 0 Å². The van der Waals surface area contributed by atoms with Gasteiger partial charge < -0.3 is 5.32 Å². The summed E-state index contributed by atoms with van der Waals surface area (Å²) in [6, 6.07) is 5.03. The second-order valence-corrected chi connectivity index (χ2v) is 7.93. The Kier molecular flexibility index (Phi) is 6.49. The van der Waals surface area contributed by atoms with Crippen LogP contribution in [0.3, 0.4) is 0 Å². The van der Waals surface area contributed by atoms with E-state index in [1.807, 2.05) is 0 Å². The molecule has 0 aliphatic heterocycles. The summed E-state index contributed by atoms with van der Waals surface area (Å²) in [6.45, 7) is 1.60. The number of hydrogen-bond donors (Lipinski definition) is 1. The molecule has 0 fully saturated rings. The Balaban J connectivity index is 1.69. The van der Waals surface area contributed by atoms with Crippen molar-refractivity contribution in [3.63, 3.8) is 0 Å². The predicted molar refractivity (Wildman–Crippen MR) is 118 cm³/mol. The molecule has 4 rings (SSSR count). The van der Waals surface area contributed by atoms with Gasteiger partial charge in [-0.2, -0.15) is 17.9 Å². The lowest BCUT2D eigenvalue weighted by Gasteiger charge is -2.15. The molecule has 0 saturated heterocycles. The van der Waals surface area contributed by atoms with Crippen molar-refractivity contribution < 1.29 is 18.0 Å². The summed E-state index contributed by atoms with van der Waals surface area (Å²) < 4.78 is 40.8. The molecule has 0 aliphatic carbocycles. The van der Waals surface area contributed by atoms with Gasteiger partial charge in [-0.1, -0.05) is 23.2 Å². The Morgan fingerprint density at radius 3 is 2.50 bits per heavy atom. The first-order valence-electron chi connectivity index (χ1n) is 9.66. The average molecular weight is 508 g/mol. The van der Waals surface area contributed by atoms with Gasteiger partial charge in [0, 0.05) is 29.2 Å². The SMILES string of the molecule is CC(NC(=O)c1cc(Cl)cc(C(F)(F)F)c1)c1nc(-c2cnccn2)nn1-c1ccc(Cl)cn1. The second kappa shape index (κ2) is 9.35. The molecule has 8 nitrogen and oxygen atoms in total. The summed E-state index contributed by atoms with van der Waals surface area (Å²) >= 11 is 11.7. The maximum atomic E-state index is 13.1. The van der Waals surface area contributed by atoms with E-state index in [9.17, 15) is 18.0 Å². The number of carbonyl (C=O) groups is 1. The number of amides is 1. The third kappa shape index (κ3) is 5.15. The van der Waals surface area contributed by atoms with Crippen molar-refractivity contribution in [2.45, 2.75) is 19.1 Å². The number of alkyl halides is 3. The summed E-state index contributed by atoms with van der Waals surface area (Å²) in [5.41, 5.74) is -0.910. The molecule has 1 amide bonds. The van der Waals surface area contributed by atoms with Gasteiger partial charge in [0.15, 0.2) is 11.6 Å². The molecule has 13 heteroatoms. The summed E-state index contributed by atoms with van der Waals surface area (Å²) in [6.07, 6.45) is 1.19. The van der Waals surface area contributed by atoms with Gasteiger partial charge in [0.2, 0.25) is 5.82 Å². The minimum atomic E-state index is -4.66. The zero-order chi connectivity index (χ0) is 24.5. The number of pyridine rings is 1. The van der Waals surface area contributed by atoms with E-state index < -0.39 is 23.7 Å². The number of hydrogen-bond acceptors (Lipinski definition) is 6. The van der Waals surface area contributed by atoms with Gasteiger partial charge in [-0.25, -0.2) is 15.0 Å². The minimum absolute atomic E-state index is 0.211. The molecule has 34 heavy (non-hydrogen) atoms. The van der Waals surface area contributed by atoms with Crippen LogP contribution in [0.1, 0.15) is 34.7 Å². The van der Waals surface area contributed by atoms with Crippen LogP contribution in [0.25, 0.3) is 17.3 Å². The molecule has 1 N–H and O–H groups in total. The fourth-order valence-electron chi connectivity index (χ4n) is 3.02. The summed E-state index contributed by atoms with van der Waals surface area (Å²) in [5.74, 6) is 0.0374. The molecule has 3 aromatic heterocycles. The number of rotatable bonds is 5. The van der Waals surface area contributed by atoms with Crippen LogP contribution in [-0.2, 0) is 6.18 Å². The molecule has 1 aromatic carbocycles. The van der Waals surface area contributed by atoms with Crippen LogP contribution < -0.4 is 5.32 Å². The molecule has 0 spiro atoms. The third-order valence-electron chi connectivity index (χ3n) is 4.58. The van der Waals surface area contributed by atoms with Crippen molar-refractivity contribution >= 4 is 29.1 Å². The smallest absolute Gasteiger partial charge is 0.342 e. The van der Waals surface area contributed by atoms with Crippen LogP contribution in [0.4, 0.5) is 13.2 Å². The second-order valence-electron chi connectivity index (χ2n) is 7.05. The Labute approximate surface area is 200 Å². The van der Waals surface area contributed by atoms with Crippen molar-refractivity contribution in [1.29, 1.82) is 0 Å². The van der Waals surface area contributed by atoms with Gasteiger partial charge in [-0.3, -0.25) is 9.78 Å². The average Bonchev–Trinajstić information content (AvgIpc) is 3.25. The van der Waals surface area contributed by atoms with E-state index in [1.54, 1.807) is 19.1 Å². The molecule has 1 atom stereocenters. The standard InChI is InChI=1S/C21H14Cl2F3N7O/c1-11(30-20(34)12-6-13(21(24,25)26)8-15(23)7-12)19-31-18(16-10-27-4-5-28-16)32-33(19)17-3-2-14(22)9-29-17/h2-11H,1H3,(H,30,34). The number of aromatic nitrogens is 6. The van der Waals surface area contributed by atoms with Gasteiger partial charge in [0.05, 0.1) is 22.8 Å². The highest BCUT2D eigenvalue weighted by atomic mass is 35.5. The highest BCUT2D eigenvalue weighted by Crippen LogP contribution is 2.32. The maximum Gasteiger partial charge on any atom is 0.416 e. The van der Waals surface area contributed by atoms with Gasteiger partial charge in [-0.15, -0.1) is 5.10 Å². The first kappa shape index (κ1) is 23.6. The molecule has 4 aromatic rings. The van der Waals surface area contributed by atoms with E-state index in [4.69, 9.17) is 23.2 Å². The number of nitrogens with zero attached hydrogens (tertiary/aromatic N) is 6. The zero-order valence-corrected chi connectivity index (χ0v) is 18.8. The Hall–Kier alpha value is -3.57. The molecule has 0 bridgehead atoms. The lowest BCUT2D eigenvalue weighted by molar-refractivity contribution is -0.137. The van der Waals surface area contributed by atoms with E-state index in [1.165, 1.54) is 29.5 Å². The van der Waals surface area contributed by atoms with E-state index in [0.717, 1.165) is 18.2 Å². The molecule has 0 saturated carbocycles. The zero-order valence-electron chi connectivity index (χ0n) is 17.3. The molecule has 0 radical (unpaired) electrons. The monoisotopic (exact) mass is 507 g/mol. The van der Waals surface area contributed by atoms with E-state index in [-0.39, 0.29) is 22.2 Å². The van der Waals surface area contributed by atoms with Gasteiger partial charge in [0.1, 0.15) is 5.69 Å². The van der Waals surface area contributed by atoms with Crippen molar-refractivity contribution in [2.24, 2.45) is 0 Å². The van der Waals surface area contributed by atoms with Crippen molar-refractivity contribution in [3.8, 4) is 17.3 Å². The number of halogens is 5. The molecule has 1 unspecified atom stereocenters. The van der Waals surface area contributed by atoms with Gasteiger partial charge in [0.25, 0.3) is 5.91 Å². The van der Waals surface area contributed by atoms with E-state index >= 15 is 0 Å². The number of carbonyl (C=O) groups excluding carboxylic acids is 1. The van der Waals surface area contributed by atoms with Crippen LogP contribution >= 0.6 is 23.2 Å². The number of benzene rings is 1. The summed E-state index contributed by atoms with van der Waals surface area (Å²) in [7, 11) is 0. The Morgan fingerprint density at radius 2 is 1.85 bits per heavy atom.